The minimum atomic E-state index is -2.42. The van der Waals surface area contributed by atoms with Crippen LogP contribution in [0.4, 0.5) is 0 Å². The Hall–Kier alpha value is -0.460. The summed E-state index contributed by atoms with van der Waals surface area (Å²) in [6, 6.07) is -0.812. The summed E-state index contributed by atoms with van der Waals surface area (Å²) in [6.07, 6.45) is 0. The van der Waals surface area contributed by atoms with Crippen LogP contribution in [0, 0.1) is 0 Å². The molecule has 0 aromatic carbocycles. The lowest BCUT2D eigenvalue weighted by atomic mass is 10.4. The van der Waals surface area contributed by atoms with Crippen LogP contribution in [0.5, 0.6) is 0 Å². The maximum Gasteiger partial charge on any atom is 0.323 e. The van der Waals surface area contributed by atoms with E-state index in [4.69, 9.17) is 0 Å². The van der Waals surface area contributed by atoms with E-state index in [1.54, 1.807) is 6.92 Å². The molecule has 0 bridgehead atoms. The predicted octanol–water partition coefficient (Wildman–Crippen LogP) is -0.678. The third kappa shape index (κ3) is 4.88. The highest BCUT2D eigenvalue weighted by Crippen LogP contribution is 1.87. The molecule has 0 fully saturated rings. The zero-order chi connectivity index (χ0) is 8.85. The van der Waals surface area contributed by atoms with E-state index in [1.807, 2.05) is 4.72 Å². The van der Waals surface area contributed by atoms with Crippen molar-refractivity contribution >= 4 is 17.2 Å². The topological polar surface area (TPSA) is 78.5 Å². The molecule has 0 saturated carbocycles. The molecule has 0 saturated heterocycles. The molecule has 0 aliphatic rings. The Kier molecular flexibility index (Phi) is 5.01. The Labute approximate surface area is 67.5 Å². The fourth-order valence-electron chi connectivity index (χ4n) is 0.460. The molecule has 0 spiro atoms. The molecule has 0 rings (SSSR count). The summed E-state index contributed by atoms with van der Waals surface area (Å²) in [5.74, 6) is -0.572. The third-order valence-electron chi connectivity index (χ3n) is 0.913. The summed E-state index contributed by atoms with van der Waals surface area (Å²) in [5.41, 5.74) is 0. The van der Waals surface area contributed by atoms with Gasteiger partial charge in [0.25, 0.3) is 0 Å². The van der Waals surface area contributed by atoms with Crippen molar-refractivity contribution in [2.75, 3.05) is 6.61 Å². The summed E-state index contributed by atoms with van der Waals surface area (Å²) in [4.78, 5) is 10.7. The van der Waals surface area contributed by atoms with Gasteiger partial charge in [0.2, 0.25) is 0 Å². The van der Waals surface area contributed by atoms with Crippen LogP contribution in [0.2, 0.25) is 0 Å². The number of ether oxygens (including phenoxy) is 1. The highest BCUT2D eigenvalue weighted by atomic mass is 32.2. The standard InChI is InChI=1S/C5H11NO4S/c1-3-10-5(7)4(2)6-11(8)9/h4,6H,3H2,1-2H3,(H,8,9)/p-1/t4-/m1/s1. The van der Waals surface area contributed by atoms with Crippen molar-refractivity contribution in [1.29, 1.82) is 0 Å². The van der Waals surface area contributed by atoms with Crippen molar-refractivity contribution in [1.82, 2.24) is 4.72 Å². The van der Waals surface area contributed by atoms with Crippen LogP contribution in [0.3, 0.4) is 0 Å². The van der Waals surface area contributed by atoms with Gasteiger partial charge in [-0.05, 0) is 13.8 Å². The van der Waals surface area contributed by atoms with Gasteiger partial charge in [-0.2, -0.15) is 0 Å². The van der Waals surface area contributed by atoms with Gasteiger partial charge in [0.05, 0.1) is 6.61 Å². The quantitative estimate of drug-likeness (QED) is 0.459. The highest BCUT2D eigenvalue weighted by molar-refractivity contribution is 7.77. The van der Waals surface area contributed by atoms with E-state index in [0.717, 1.165) is 0 Å². The zero-order valence-corrected chi connectivity index (χ0v) is 7.14. The van der Waals surface area contributed by atoms with Crippen LogP contribution in [-0.2, 0) is 20.8 Å². The molecule has 0 aliphatic heterocycles. The third-order valence-corrected chi connectivity index (χ3v) is 1.46. The molecule has 0 heterocycles. The summed E-state index contributed by atoms with van der Waals surface area (Å²) in [7, 11) is 0. The smallest absolute Gasteiger partial charge is 0.323 e. The molecule has 66 valence electrons. The molecule has 11 heavy (non-hydrogen) atoms. The maximum atomic E-state index is 10.7. The molecule has 0 aliphatic carbocycles. The maximum absolute atomic E-state index is 10.7. The summed E-state index contributed by atoms with van der Waals surface area (Å²) < 4.78 is 26.5. The molecule has 0 amide bonds. The Morgan fingerprint density at radius 3 is 2.73 bits per heavy atom. The molecule has 6 heteroatoms. The number of nitrogens with one attached hydrogen (secondary N) is 1. The van der Waals surface area contributed by atoms with Crippen LogP contribution < -0.4 is 4.72 Å². The number of esters is 1. The van der Waals surface area contributed by atoms with Gasteiger partial charge >= 0.3 is 5.97 Å². The fourth-order valence-corrected chi connectivity index (χ4v) is 0.845. The van der Waals surface area contributed by atoms with Crippen molar-refractivity contribution in [3.8, 4) is 0 Å². The second-order valence-corrected chi connectivity index (χ2v) is 2.53. The van der Waals surface area contributed by atoms with Gasteiger partial charge in [-0.3, -0.25) is 9.00 Å². The van der Waals surface area contributed by atoms with E-state index in [9.17, 15) is 13.6 Å². The summed E-state index contributed by atoms with van der Waals surface area (Å²) in [5, 5.41) is 0. The first-order valence-electron chi connectivity index (χ1n) is 3.10. The Morgan fingerprint density at radius 2 is 2.36 bits per heavy atom. The van der Waals surface area contributed by atoms with Crippen molar-refractivity contribution in [2.24, 2.45) is 0 Å². The van der Waals surface area contributed by atoms with Gasteiger partial charge in [0.15, 0.2) is 0 Å². The van der Waals surface area contributed by atoms with Crippen LogP contribution in [0.1, 0.15) is 13.8 Å². The van der Waals surface area contributed by atoms with E-state index < -0.39 is 23.3 Å². The number of carbonyl (C=O) groups excluding carboxylic acids is 1. The average Bonchev–Trinajstić information content (AvgIpc) is 1.86. The van der Waals surface area contributed by atoms with Crippen molar-refractivity contribution < 1.29 is 18.3 Å². The zero-order valence-electron chi connectivity index (χ0n) is 6.33. The number of carbonyl (C=O) groups is 1. The first-order chi connectivity index (χ1) is 5.07. The van der Waals surface area contributed by atoms with Crippen LogP contribution in [0.25, 0.3) is 0 Å². The minimum Gasteiger partial charge on any atom is -0.760 e. The molecule has 0 radical (unpaired) electrons. The van der Waals surface area contributed by atoms with Crippen molar-refractivity contribution in [2.45, 2.75) is 19.9 Å². The highest BCUT2D eigenvalue weighted by Gasteiger charge is 2.12. The first kappa shape index (κ1) is 10.5. The second kappa shape index (κ2) is 5.22. The fraction of sp³-hybridized carbons (Fsp3) is 0.800. The van der Waals surface area contributed by atoms with Gasteiger partial charge in [-0.15, -0.1) is 0 Å². The molecule has 0 aromatic heterocycles. The van der Waals surface area contributed by atoms with E-state index in [1.165, 1.54) is 6.92 Å². The van der Waals surface area contributed by atoms with Crippen molar-refractivity contribution in [3.63, 3.8) is 0 Å². The molecule has 1 unspecified atom stereocenters. The monoisotopic (exact) mass is 180 g/mol. The summed E-state index contributed by atoms with van der Waals surface area (Å²) in [6.45, 7) is 3.31. The number of rotatable bonds is 4. The number of hydrogen-bond donors (Lipinski definition) is 1. The largest absolute Gasteiger partial charge is 0.760 e. The van der Waals surface area contributed by atoms with Crippen LogP contribution in [0.15, 0.2) is 0 Å². The van der Waals surface area contributed by atoms with E-state index in [-0.39, 0.29) is 6.61 Å². The van der Waals surface area contributed by atoms with Crippen LogP contribution >= 0.6 is 0 Å². The normalized spacial score (nSPS) is 15.5. The number of hydrogen-bond acceptors (Lipinski definition) is 4. The van der Waals surface area contributed by atoms with Crippen LogP contribution in [-0.4, -0.2) is 27.4 Å². The van der Waals surface area contributed by atoms with E-state index in [0.29, 0.717) is 0 Å². The van der Waals surface area contributed by atoms with Gasteiger partial charge in [-0.1, -0.05) is 0 Å². The molecular weight excluding hydrogens is 170 g/mol. The molecular formula is C5H10NO4S-. The van der Waals surface area contributed by atoms with Gasteiger partial charge in [-0.25, -0.2) is 4.72 Å². The molecule has 1 N–H and O–H groups in total. The average molecular weight is 180 g/mol. The Bertz CT molecular complexity index is 161. The SMILES string of the molecule is CCOC(=O)[C@@H](C)NS(=O)[O-]. The second-order valence-electron chi connectivity index (χ2n) is 1.83. The lowest BCUT2D eigenvalue weighted by molar-refractivity contribution is -0.144. The predicted molar refractivity (Wildman–Crippen MR) is 38.2 cm³/mol. The lowest BCUT2D eigenvalue weighted by Gasteiger charge is -2.13. The minimum absolute atomic E-state index is 0.246. The first-order valence-corrected chi connectivity index (χ1v) is 4.17. The molecule has 0 aromatic rings. The summed E-state index contributed by atoms with van der Waals surface area (Å²) >= 11 is -2.42. The van der Waals surface area contributed by atoms with Crippen molar-refractivity contribution in [3.05, 3.63) is 0 Å². The molecule has 2 atom stereocenters. The van der Waals surface area contributed by atoms with Gasteiger partial charge < -0.3 is 9.29 Å². The Morgan fingerprint density at radius 1 is 1.82 bits per heavy atom. The van der Waals surface area contributed by atoms with E-state index in [2.05, 4.69) is 4.74 Å². The van der Waals surface area contributed by atoms with Gasteiger partial charge in [0, 0.05) is 11.3 Å². The van der Waals surface area contributed by atoms with Gasteiger partial charge in [0.1, 0.15) is 6.04 Å². The Balaban J connectivity index is 3.73. The molecule has 5 nitrogen and oxygen atoms in total. The van der Waals surface area contributed by atoms with E-state index >= 15 is 0 Å². The lowest BCUT2D eigenvalue weighted by Crippen LogP contribution is -2.36.